The van der Waals surface area contributed by atoms with Gasteiger partial charge in [-0.15, -0.1) is 0 Å². The molecule has 22 heavy (non-hydrogen) atoms. The molecule has 110 valence electrons. The lowest BCUT2D eigenvalue weighted by Gasteiger charge is -2.06. The third kappa shape index (κ3) is 2.80. The number of hydrazine groups is 1. The number of halogens is 1. The molecule has 0 spiro atoms. The van der Waals surface area contributed by atoms with Gasteiger partial charge in [-0.2, -0.15) is 0 Å². The van der Waals surface area contributed by atoms with Crippen LogP contribution in [0.15, 0.2) is 59.0 Å². The van der Waals surface area contributed by atoms with Crippen molar-refractivity contribution in [1.29, 1.82) is 0 Å². The minimum Gasteiger partial charge on any atom is -0.451 e. The molecule has 0 saturated heterocycles. The van der Waals surface area contributed by atoms with Gasteiger partial charge in [0.2, 0.25) is 0 Å². The molecular weight excluding hydrogens is 304 g/mol. The SMILES string of the molecule is O=C(NNC(=O)c1ccccc1Cl)c1cc2ccccc2o1. The van der Waals surface area contributed by atoms with Crippen LogP contribution < -0.4 is 10.9 Å². The van der Waals surface area contributed by atoms with Crippen molar-refractivity contribution in [3.63, 3.8) is 0 Å². The molecule has 0 saturated carbocycles. The lowest BCUT2D eigenvalue weighted by Crippen LogP contribution is -2.41. The van der Waals surface area contributed by atoms with E-state index in [0.717, 1.165) is 5.39 Å². The molecule has 0 aliphatic heterocycles. The molecule has 2 N–H and O–H groups in total. The standard InChI is InChI=1S/C16H11ClN2O3/c17-12-7-3-2-6-11(12)15(20)18-19-16(21)14-9-10-5-1-4-8-13(10)22-14/h1-9H,(H,18,20)(H,19,21). The normalized spacial score (nSPS) is 10.4. The van der Waals surface area contributed by atoms with Gasteiger partial charge in [0.1, 0.15) is 5.58 Å². The summed E-state index contributed by atoms with van der Waals surface area (Å²) in [4.78, 5) is 23.9. The van der Waals surface area contributed by atoms with Gasteiger partial charge >= 0.3 is 5.91 Å². The molecule has 5 nitrogen and oxygen atoms in total. The van der Waals surface area contributed by atoms with E-state index in [9.17, 15) is 9.59 Å². The summed E-state index contributed by atoms with van der Waals surface area (Å²) in [7, 11) is 0. The van der Waals surface area contributed by atoms with Crippen LogP contribution in [0.4, 0.5) is 0 Å². The number of hydrogen-bond donors (Lipinski definition) is 2. The number of carbonyl (C=O) groups excluding carboxylic acids is 2. The first-order valence-corrected chi connectivity index (χ1v) is 6.87. The lowest BCUT2D eigenvalue weighted by molar-refractivity contribution is 0.0832. The van der Waals surface area contributed by atoms with Crippen LogP contribution in [-0.2, 0) is 0 Å². The van der Waals surface area contributed by atoms with E-state index in [1.54, 1.807) is 36.4 Å². The van der Waals surface area contributed by atoms with Crippen LogP contribution >= 0.6 is 11.6 Å². The smallest absolute Gasteiger partial charge is 0.305 e. The summed E-state index contributed by atoms with van der Waals surface area (Å²) >= 11 is 5.91. The molecule has 0 radical (unpaired) electrons. The molecule has 0 unspecified atom stereocenters. The van der Waals surface area contributed by atoms with E-state index in [4.69, 9.17) is 16.0 Å². The fourth-order valence-corrected chi connectivity index (χ4v) is 2.20. The minimum absolute atomic E-state index is 0.112. The number of para-hydroxylation sites is 1. The summed E-state index contributed by atoms with van der Waals surface area (Å²) in [5.41, 5.74) is 5.47. The number of hydrogen-bond acceptors (Lipinski definition) is 3. The summed E-state index contributed by atoms with van der Waals surface area (Å²) in [5.74, 6) is -0.938. The second kappa shape index (κ2) is 5.91. The van der Waals surface area contributed by atoms with E-state index in [1.165, 1.54) is 0 Å². The quantitative estimate of drug-likeness (QED) is 0.714. The van der Waals surface area contributed by atoms with Gasteiger partial charge in [-0.05, 0) is 24.3 Å². The summed E-state index contributed by atoms with van der Waals surface area (Å²) in [5, 5.41) is 1.11. The fourth-order valence-electron chi connectivity index (χ4n) is 1.98. The Labute approximate surface area is 130 Å². The Kier molecular flexibility index (Phi) is 3.80. The molecule has 2 amide bonds. The van der Waals surface area contributed by atoms with Crippen molar-refractivity contribution < 1.29 is 14.0 Å². The predicted molar refractivity (Wildman–Crippen MR) is 82.6 cm³/mol. The van der Waals surface area contributed by atoms with Crippen molar-refractivity contribution in [1.82, 2.24) is 10.9 Å². The molecule has 1 heterocycles. The minimum atomic E-state index is -0.545. The van der Waals surface area contributed by atoms with Crippen LogP contribution in [-0.4, -0.2) is 11.8 Å². The second-order valence-corrected chi connectivity index (χ2v) is 4.94. The summed E-state index contributed by atoms with van der Waals surface area (Å²) in [6.07, 6.45) is 0. The highest BCUT2D eigenvalue weighted by Crippen LogP contribution is 2.18. The van der Waals surface area contributed by atoms with Crippen molar-refractivity contribution in [2.24, 2.45) is 0 Å². The topological polar surface area (TPSA) is 71.3 Å². The molecule has 3 aromatic rings. The first-order chi connectivity index (χ1) is 10.6. The summed E-state index contributed by atoms with van der Waals surface area (Å²) in [6, 6.07) is 15.4. The van der Waals surface area contributed by atoms with Gasteiger partial charge in [0.15, 0.2) is 5.76 Å². The molecule has 0 fully saturated rings. The van der Waals surface area contributed by atoms with Crippen molar-refractivity contribution in [3.05, 3.63) is 70.9 Å². The summed E-state index contributed by atoms with van der Waals surface area (Å²) < 4.78 is 5.40. The van der Waals surface area contributed by atoms with Crippen LogP contribution in [0.1, 0.15) is 20.9 Å². The van der Waals surface area contributed by atoms with Crippen LogP contribution in [0, 0.1) is 0 Å². The Bertz CT molecular complexity index is 824. The van der Waals surface area contributed by atoms with E-state index in [2.05, 4.69) is 10.9 Å². The van der Waals surface area contributed by atoms with Gasteiger partial charge in [0, 0.05) is 5.39 Å². The molecule has 3 rings (SSSR count). The van der Waals surface area contributed by atoms with E-state index < -0.39 is 11.8 Å². The Morgan fingerprint density at radius 2 is 1.59 bits per heavy atom. The summed E-state index contributed by atoms with van der Waals surface area (Å²) in [6.45, 7) is 0. The zero-order chi connectivity index (χ0) is 15.5. The van der Waals surface area contributed by atoms with E-state index in [0.29, 0.717) is 10.6 Å². The van der Waals surface area contributed by atoms with Gasteiger partial charge in [-0.25, -0.2) is 0 Å². The fraction of sp³-hybridized carbons (Fsp3) is 0. The maximum absolute atomic E-state index is 12.0. The van der Waals surface area contributed by atoms with Crippen molar-refractivity contribution in [3.8, 4) is 0 Å². The number of rotatable bonds is 2. The average Bonchev–Trinajstić information content (AvgIpc) is 2.97. The predicted octanol–water partition coefficient (Wildman–Crippen LogP) is 3.16. The number of fused-ring (bicyclic) bond motifs is 1. The Hall–Kier alpha value is -2.79. The number of furan rings is 1. The van der Waals surface area contributed by atoms with E-state index in [-0.39, 0.29) is 11.3 Å². The van der Waals surface area contributed by atoms with Crippen LogP contribution in [0.25, 0.3) is 11.0 Å². The number of amides is 2. The zero-order valence-electron chi connectivity index (χ0n) is 11.3. The lowest BCUT2D eigenvalue weighted by atomic mass is 10.2. The van der Waals surface area contributed by atoms with Crippen molar-refractivity contribution in [2.45, 2.75) is 0 Å². The average molecular weight is 315 g/mol. The Balaban J connectivity index is 1.69. The first kappa shape index (κ1) is 14.2. The number of benzene rings is 2. The van der Waals surface area contributed by atoms with Gasteiger partial charge in [-0.1, -0.05) is 41.9 Å². The second-order valence-electron chi connectivity index (χ2n) is 4.54. The number of carbonyl (C=O) groups is 2. The highest BCUT2D eigenvalue weighted by molar-refractivity contribution is 6.33. The van der Waals surface area contributed by atoms with Crippen LogP contribution in [0.2, 0.25) is 5.02 Å². The van der Waals surface area contributed by atoms with Gasteiger partial charge in [0.25, 0.3) is 5.91 Å². The highest BCUT2D eigenvalue weighted by atomic mass is 35.5. The van der Waals surface area contributed by atoms with Crippen LogP contribution in [0.5, 0.6) is 0 Å². The molecule has 0 atom stereocenters. The third-order valence-corrected chi connectivity index (χ3v) is 3.39. The first-order valence-electron chi connectivity index (χ1n) is 6.49. The maximum Gasteiger partial charge on any atom is 0.305 e. The van der Waals surface area contributed by atoms with Crippen LogP contribution in [0.3, 0.4) is 0 Å². The highest BCUT2D eigenvalue weighted by Gasteiger charge is 2.14. The molecule has 0 aliphatic carbocycles. The monoisotopic (exact) mass is 314 g/mol. The van der Waals surface area contributed by atoms with Gasteiger partial charge in [0.05, 0.1) is 10.6 Å². The number of nitrogens with one attached hydrogen (secondary N) is 2. The van der Waals surface area contributed by atoms with E-state index in [1.807, 2.05) is 18.2 Å². The zero-order valence-corrected chi connectivity index (χ0v) is 12.1. The Morgan fingerprint density at radius 1 is 0.909 bits per heavy atom. The van der Waals surface area contributed by atoms with Crippen molar-refractivity contribution in [2.75, 3.05) is 0 Å². The molecular formula is C16H11ClN2O3. The molecule has 2 aromatic carbocycles. The maximum atomic E-state index is 12.0. The molecule has 1 aromatic heterocycles. The largest absolute Gasteiger partial charge is 0.451 e. The van der Waals surface area contributed by atoms with Gasteiger partial charge < -0.3 is 4.42 Å². The van der Waals surface area contributed by atoms with Crippen molar-refractivity contribution >= 4 is 34.4 Å². The molecule has 0 aliphatic rings. The molecule has 0 bridgehead atoms. The molecule has 6 heteroatoms. The van der Waals surface area contributed by atoms with E-state index >= 15 is 0 Å². The third-order valence-electron chi connectivity index (χ3n) is 3.06. The Morgan fingerprint density at radius 3 is 2.36 bits per heavy atom. The van der Waals surface area contributed by atoms with Gasteiger partial charge in [-0.3, -0.25) is 20.4 Å².